The number of benzene rings is 10. The Balaban J connectivity index is 0.000000201. The Kier molecular flexibility index (Phi) is 24.0. The van der Waals surface area contributed by atoms with Crippen LogP contribution in [0.4, 0.5) is 0 Å². The summed E-state index contributed by atoms with van der Waals surface area (Å²) in [5, 5.41) is 93.2. The van der Waals surface area contributed by atoms with E-state index in [0.717, 1.165) is 55.9 Å². The van der Waals surface area contributed by atoms with Crippen LogP contribution in [0.3, 0.4) is 0 Å². The van der Waals surface area contributed by atoms with E-state index in [1.54, 1.807) is 55.6 Å². The predicted molar refractivity (Wildman–Crippen MR) is 413 cm³/mol. The summed E-state index contributed by atoms with van der Waals surface area (Å²) in [7, 11) is -11.9. The molecule has 0 spiro atoms. The predicted octanol–water partition coefficient (Wildman–Crippen LogP) is 12.1. The fourth-order valence-electron chi connectivity index (χ4n) is 13.9. The number of para-hydroxylation sites is 3. The highest BCUT2D eigenvalue weighted by molar-refractivity contribution is 7.86. The standard InChI is InChI=1S/C42H37NO8S.C42H35NO7S.2O3S/c1-24-13-29-19-32-16-25(7-9-35-10-8-26-21-36(51-3)11-12-38(26)43(35)2)15-31(41(32)46)17-27-5-4-6-28(39(27)44)18-33-22-37(52(48,49)50)23-34(42(33)47)20-30(14-24)40(29)45;1-26-16-31-22-34-19-28(11-10-27-12-14-43(15-13-27)37-8-3-2-4-9-37)18-33(41(34)46)20-29-6-5-7-30(39(29)44)21-35-24-38(51(48,49)50)25-36(42(35)47)23-32(17-26)40(31)45;2*1-4(2)3/h4-16,21-23H,17-20H2,1-3H3,(H4,44,45,47,48,49,50);2-19,24-25H,20-23H2,1H3,(H4,44,45,47,48,49,50);;/p+2. The van der Waals surface area contributed by atoms with E-state index >= 15 is 0 Å². The van der Waals surface area contributed by atoms with Crippen LogP contribution in [0, 0.1) is 13.8 Å². The number of nitrogens with zero attached hydrogens (tertiary/aromatic N) is 2. The zero-order valence-electron chi connectivity index (χ0n) is 59.9. The average Bonchev–Trinajstić information content (AvgIpc) is 0.787. The van der Waals surface area contributed by atoms with Crippen LogP contribution < -0.4 is 13.9 Å². The molecule has 0 amide bonds. The molecular formula is C84H74N2O21S4+2. The maximum absolute atomic E-state index is 12.3. The second-order valence-corrected chi connectivity index (χ2v) is 30.5. The second-order valence-electron chi connectivity index (χ2n) is 26.8. The van der Waals surface area contributed by atoms with E-state index < -0.39 is 51.2 Å². The Bertz CT molecular complexity index is 6190. The Labute approximate surface area is 642 Å². The number of hydrogen-bond acceptors (Lipinski definition) is 19. The second kappa shape index (κ2) is 33.6. The molecule has 0 radical (unpaired) electrons. The Morgan fingerprint density at radius 1 is 0.351 bits per heavy atom. The third-order valence-corrected chi connectivity index (χ3v) is 20.8. The lowest BCUT2D eigenvalue weighted by Gasteiger charge is -2.18. The lowest BCUT2D eigenvalue weighted by Crippen LogP contribution is -2.32. The molecule has 0 saturated carbocycles. The fourth-order valence-corrected chi connectivity index (χ4v) is 15.1. The molecule has 23 nitrogen and oxygen atoms in total. The minimum absolute atomic E-state index is 0.0439. The van der Waals surface area contributed by atoms with Gasteiger partial charge in [-0.15, -0.1) is 25.3 Å². The summed E-state index contributed by atoms with van der Waals surface area (Å²) in [5.74, 6) is 0.246. The Morgan fingerprint density at radius 2 is 0.658 bits per heavy atom. The first kappa shape index (κ1) is 79.5. The first-order valence-corrected chi connectivity index (χ1v) is 39.1. The highest BCUT2D eigenvalue weighted by Gasteiger charge is 2.26. The van der Waals surface area contributed by atoms with E-state index in [1.165, 1.54) is 24.3 Å². The number of phenolic OH excluding ortho intramolecular Hbond substituents is 8. The van der Waals surface area contributed by atoms with E-state index in [9.17, 15) is 66.8 Å². The van der Waals surface area contributed by atoms with Crippen LogP contribution in [0.25, 0.3) is 40.9 Å². The minimum atomic E-state index is -4.65. The monoisotopic (exact) mass is 1570 g/mol. The number of fused-ring (bicyclic) bond motifs is 17. The maximum atomic E-state index is 12.3. The van der Waals surface area contributed by atoms with Crippen LogP contribution in [0.5, 0.6) is 51.7 Å². The van der Waals surface area contributed by atoms with Crippen LogP contribution in [-0.2, 0) is 99.9 Å². The summed E-state index contributed by atoms with van der Waals surface area (Å²) in [6, 6.07) is 53.7. The van der Waals surface area contributed by atoms with Crippen molar-refractivity contribution in [2.24, 2.45) is 7.05 Å². The van der Waals surface area contributed by atoms with Gasteiger partial charge in [-0.05, 0) is 170 Å². The maximum Gasteiger partial charge on any atom is 0.425 e. The molecule has 0 fully saturated rings. The SMILES string of the molecule is COc1ccc2c(ccc(/C=C/c3cc4c(O)c(c3)Cc3cc(C)cc(c3O)Cc3cc(S(=O)(=O)O)cc(c3O)Cc3cccc(c3O)C4)[n+]2C)c1.Cc1cc2c(O)c(c1)Cc1cc(S(=O)(=O)O)cc(c1O)Cc1cccc(c1O)Cc1cc(/C=C/c3cc[n+](-c4ccccc4)cc3)cc(c1O)C2.O=S(=O)=O.O=S(=O)=O. The molecule has 2 heterocycles. The summed E-state index contributed by atoms with van der Waals surface area (Å²) in [5.41, 5.74) is 14.0. The number of aryl methyl sites for hydroxylation is 3. The molecule has 12 aromatic rings. The smallest absolute Gasteiger partial charge is 0.425 e. The lowest BCUT2D eigenvalue weighted by atomic mass is 9.90. The topological polar surface area (TPSA) is 390 Å². The zero-order valence-corrected chi connectivity index (χ0v) is 63.2. The van der Waals surface area contributed by atoms with Gasteiger partial charge in [0, 0.05) is 116 Å². The van der Waals surface area contributed by atoms with Crippen molar-refractivity contribution < 1.29 is 106 Å². The van der Waals surface area contributed by atoms with Crippen molar-refractivity contribution >= 4 is 76.7 Å². The number of pyridine rings is 2. The van der Waals surface area contributed by atoms with E-state index in [-0.39, 0.29) is 120 Å². The van der Waals surface area contributed by atoms with Crippen LogP contribution in [-0.4, -0.2) is 99.2 Å². The number of methoxy groups -OCH3 is 1. The number of rotatable bonds is 8. The summed E-state index contributed by atoms with van der Waals surface area (Å²) in [6.45, 7) is 3.73. The summed E-state index contributed by atoms with van der Waals surface area (Å²) < 4.78 is 129. The van der Waals surface area contributed by atoms with Gasteiger partial charge in [0.05, 0.1) is 22.3 Å². The molecule has 10 aromatic carbocycles. The molecule has 0 saturated heterocycles. The third-order valence-electron chi connectivity index (χ3n) is 19.2. The fraction of sp³-hybridized carbons (Fsp3) is 0.143. The first-order valence-electron chi connectivity index (χ1n) is 34.2. The zero-order chi connectivity index (χ0) is 79.9. The van der Waals surface area contributed by atoms with Crippen molar-refractivity contribution in [3.63, 3.8) is 0 Å². The molecule has 2 aliphatic rings. The van der Waals surface area contributed by atoms with Gasteiger partial charge in [-0.1, -0.05) is 102 Å². The van der Waals surface area contributed by atoms with Gasteiger partial charge in [0.25, 0.3) is 20.2 Å². The Morgan fingerprint density at radius 3 is 1.00 bits per heavy atom. The molecule has 10 N–H and O–H groups in total. The lowest BCUT2D eigenvalue weighted by molar-refractivity contribution is -0.646. The van der Waals surface area contributed by atoms with Crippen molar-refractivity contribution in [3.05, 3.63) is 317 Å². The molecular weight excluding hydrogens is 1500 g/mol. The molecule has 2 aromatic heterocycles. The van der Waals surface area contributed by atoms with Gasteiger partial charge >= 0.3 is 21.2 Å². The highest BCUT2D eigenvalue weighted by atomic mass is 32.2. The summed E-state index contributed by atoms with van der Waals surface area (Å²) in [4.78, 5) is -0.807. The Hall–Kier alpha value is -12.5. The average molecular weight is 1580 g/mol. The summed E-state index contributed by atoms with van der Waals surface area (Å²) >= 11 is 0. The molecule has 111 heavy (non-hydrogen) atoms. The van der Waals surface area contributed by atoms with Crippen LogP contribution >= 0.6 is 0 Å². The number of phenols is 8. The van der Waals surface area contributed by atoms with E-state index in [0.29, 0.717) is 66.8 Å². The van der Waals surface area contributed by atoms with Crippen molar-refractivity contribution in [2.45, 2.75) is 75.0 Å². The van der Waals surface area contributed by atoms with E-state index in [1.807, 2.05) is 171 Å². The molecule has 0 aliphatic heterocycles. The van der Waals surface area contributed by atoms with Gasteiger partial charge in [0.1, 0.15) is 58.8 Å². The molecule has 0 atom stereocenters. The quantitative estimate of drug-likeness (QED) is 0.0499. The van der Waals surface area contributed by atoms with Crippen LogP contribution in [0.2, 0.25) is 0 Å². The number of aromatic nitrogens is 2. The van der Waals surface area contributed by atoms with Gasteiger partial charge in [-0.3, -0.25) is 9.11 Å². The first-order chi connectivity index (χ1) is 52.7. The normalized spacial score (nSPS) is 12.5. The molecule has 568 valence electrons. The molecule has 27 heteroatoms. The van der Waals surface area contributed by atoms with E-state index in [4.69, 9.17) is 30.0 Å². The summed E-state index contributed by atoms with van der Waals surface area (Å²) in [6.07, 6.45) is 12.3. The number of ether oxygens (including phenoxy) is 1. The molecule has 2 aliphatic carbocycles. The van der Waals surface area contributed by atoms with Crippen LogP contribution in [0.15, 0.2) is 204 Å². The largest absolute Gasteiger partial charge is 0.507 e. The van der Waals surface area contributed by atoms with Gasteiger partial charge in [-0.2, -0.15) is 26.0 Å². The van der Waals surface area contributed by atoms with Crippen molar-refractivity contribution in [2.75, 3.05) is 7.11 Å². The van der Waals surface area contributed by atoms with Crippen molar-refractivity contribution in [3.8, 4) is 57.4 Å². The van der Waals surface area contributed by atoms with Crippen LogP contribution in [0.1, 0.15) is 123 Å². The van der Waals surface area contributed by atoms with Crippen molar-refractivity contribution in [1.29, 1.82) is 0 Å². The molecule has 16 bridgehead atoms. The highest BCUT2D eigenvalue weighted by Crippen LogP contribution is 2.43. The van der Waals surface area contributed by atoms with Gasteiger partial charge in [0.15, 0.2) is 12.4 Å². The van der Waals surface area contributed by atoms with Gasteiger partial charge in [-0.25, -0.2) is 0 Å². The van der Waals surface area contributed by atoms with Gasteiger partial charge in [0.2, 0.25) is 16.9 Å². The number of aromatic hydroxyl groups is 8. The number of hydrogen-bond donors (Lipinski definition) is 10. The minimum Gasteiger partial charge on any atom is -0.507 e. The van der Waals surface area contributed by atoms with Gasteiger partial charge < -0.3 is 45.6 Å². The molecule has 0 unspecified atom stereocenters. The van der Waals surface area contributed by atoms with E-state index in [2.05, 4.69) is 4.57 Å². The molecule has 14 rings (SSSR count). The third kappa shape index (κ3) is 19.1. The van der Waals surface area contributed by atoms with Crippen molar-refractivity contribution in [1.82, 2.24) is 0 Å².